The molecule has 3 heterocycles. The van der Waals surface area contributed by atoms with Crippen LogP contribution in [0.5, 0.6) is 11.5 Å². The van der Waals surface area contributed by atoms with E-state index >= 15 is 0 Å². The van der Waals surface area contributed by atoms with Crippen LogP contribution in [0, 0.1) is 5.92 Å². The second kappa shape index (κ2) is 15.8. The zero-order chi connectivity index (χ0) is 38.5. The molecular weight excluding hydrogens is 712 g/mol. The van der Waals surface area contributed by atoms with Gasteiger partial charge in [-0.3, -0.25) is 0 Å². The molecule has 16 atom stereocenters. The molecule has 0 aromatic heterocycles. The van der Waals surface area contributed by atoms with Crippen molar-refractivity contribution in [1.29, 1.82) is 0 Å². The molecule has 0 amide bonds. The standard InChI is InChI=1S/C34H44O19/c1-11-23(39)27(43)30(46)33(49-11)48-10-22-26(42)29(45)31(47)34(53-22)52-21-8-15-18(50-20-5-13(9-35)24(40)28(44)25(20)41)6-14(36)7-19(15)51-32(21)12-2-3-16(37)17(38)4-12/h2-4,6-8,11,13,18,20,22-31,33-47H,5,9-10H2,1H3/t11-,13+,18?,20+,22+,23-,24-,25-,26+,27+,28-,29-,30+,31+,33+,34+/m0/s1. The number of aromatic hydroxyl groups is 2. The molecule has 1 aromatic carbocycles. The van der Waals surface area contributed by atoms with Crippen LogP contribution in [0.15, 0.2) is 59.3 Å². The van der Waals surface area contributed by atoms with E-state index in [-0.39, 0.29) is 40.6 Å². The number of aliphatic hydroxyl groups is 11. The van der Waals surface area contributed by atoms with E-state index in [1.54, 1.807) is 0 Å². The Morgan fingerprint density at radius 2 is 1.42 bits per heavy atom. The summed E-state index contributed by atoms with van der Waals surface area (Å²) in [5, 5.41) is 135. The number of aliphatic hydroxyl groups excluding tert-OH is 11. The van der Waals surface area contributed by atoms with E-state index in [0.29, 0.717) is 0 Å². The van der Waals surface area contributed by atoms with E-state index in [1.165, 1.54) is 31.2 Å². The minimum absolute atomic E-state index is 0.0195. The summed E-state index contributed by atoms with van der Waals surface area (Å²) >= 11 is 0. The molecule has 5 aliphatic rings. The molecule has 3 fully saturated rings. The Kier molecular flexibility index (Phi) is 11.7. The number of fused-ring (bicyclic) bond motifs is 1. The van der Waals surface area contributed by atoms with Crippen LogP contribution in [0.25, 0.3) is 5.76 Å². The van der Waals surface area contributed by atoms with Crippen LogP contribution in [0.4, 0.5) is 0 Å². The molecule has 53 heavy (non-hydrogen) atoms. The molecule has 0 bridgehead atoms. The van der Waals surface area contributed by atoms with Gasteiger partial charge in [-0.15, -0.1) is 0 Å². The van der Waals surface area contributed by atoms with Crippen LogP contribution >= 0.6 is 0 Å². The third kappa shape index (κ3) is 7.77. The topological polar surface area (TPSA) is 318 Å². The van der Waals surface area contributed by atoms with Gasteiger partial charge in [0.2, 0.25) is 6.29 Å². The first-order chi connectivity index (χ1) is 25.1. The van der Waals surface area contributed by atoms with Crippen LogP contribution in [0.2, 0.25) is 0 Å². The summed E-state index contributed by atoms with van der Waals surface area (Å²) in [5.41, 5.74) is 0.259. The van der Waals surface area contributed by atoms with Crippen LogP contribution in [-0.4, -0.2) is 172 Å². The van der Waals surface area contributed by atoms with Gasteiger partial charge in [-0.2, -0.15) is 0 Å². The molecule has 19 nitrogen and oxygen atoms in total. The van der Waals surface area contributed by atoms with Crippen LogP contribution in [0.3, 0.4) is 0 Å². The van der Waals surface area contributed by atoms with Gasteiger partial charge in [-0.05, 0) is 43.7 Å². The van der Waals surface area contributed by atoms with Crippen molar-refractivity contribution in [3.8, 4) is 11.5 Å². The van der Waals surface area contributed by atoms with Gasteiger partial charge in [0.25, 0.3) is 0 Å². The van der Waals surface area contributed by atoms with Crippen molar-refractivity contribution in [2.45, 2.75) is 105 Å². The van der Waals surface area contributed by atoms with E-state index in [4.69, 9.17) is 28.4 Å². The van der Waals surface area contributed by atoms with E-state index in [0.717, 1.165) is 12.1 Å². The molecule has 0 spiro atoms. The van der Waals surface area contributed by atoms with Gasteiger partial charge in [0, 0.05) is 29.7 Å². The molecule has 1 unspecified atom stereocenters. The monoisotopic (exact) mass is 756 g/mol. The van der Waals surface area contributed by atoms with Crippen molar-refractivity contribution < 1.29 is 94.8 Å². The molecule has 2 saturated heterocycles. The van der Waals surface area contributed by atoms with Crippen LogP contribution < -0.4 is 0 Å². The van der Waals surface area contributed by atoms with Crippen molar-refractivity contribution in [1.82, 2.24) is 0 Å². The number of allylic oxidation sites excluding steroid dienone is 2. The molecular formula is C34H44O19. The minimum Gasteiger partial charge on any atom is -0.508 e. The second-order valence-electron chi connectivity index (χ2n) is 13.6. The molecule has 3 aliphatic heterocycles. The minimum atomic E-state index is -1.91. The average Bonchev–Trinajstić information content (AvgIpc) is 3.13. The predicted octanol–water partition coefficient (Wildman–Crippen LogP) is -3.42. The first-order valence-electron chi connectivity index (χ1n) is 16.9. The van der Waals surface area contributed by atoms with E-state index in [2.05, 4.69) is 0 Å². The Bertz CT molecular complexity index is 1610. The van der Waals surface area contributed by atoms with E-state index in [9.17, 15) is 66.4 Å². The largest absolute Gasteiger partial charge is 0.508 e. The molecule has 6 rings (SSSR count). The fourth-order valence-electron chi connectivity index (χ4n) is 6.73. The maximum Gasteiger partial charge on any atom is 0.229 e. The average molecular weight is 757 g/mol. The summed E-state index contributed by atoms with van der Waals surface area (Å²) in [7, 11) is 0. The smallest absolute Gasteiger partial charge is 0.229 e. The number of hydrogen-bond acceptors (Lipinski definition) is 19. The van der Waals surface area contributed by atoms with Gasteiger partial charge in [0.1, 0.15) is 72.6 Å². The summed E-state index contributed by atoms with van der Waals surface area (Å²) in [4.78, 5) is 0. The molecule has 19 heteroatoms. The van der Waals surface area contributed by atoms with Crippen LogP contribution in [0.1, 0.15) is 18.9 Å². The normalized spacial score (nSPS) is 41.8. The van der Waals surface area contributed by atoms with Crippen molar-refractivity contribution in [2.75, 3.05) is 13.2 Å². The Morgan fingerprint density at radius 1 is 0.736 bits per heavy atom. The summed E-state index contributed by atoms with van der Waals surface area (Å²) in [5.74, 6) is -2.62. The number of benzene rings is 1. The zero-order valence-electron chi connectivity index (χ0n) is 28.1. The van der Waals surface area contributed by atoms with E-state index < -0.39 is 123 Å². The number of phenols is 2. The zero-order valence-corrected chi connectivity index (χ0v) is 28.1. The van der Waals surface area contributed by atoms with Crippen molar-refractivity contribution >= 4 is 5.76 Å². The van der Waals surface area contributed by atoms with Gasteiger partial charge in [0.05, 0.1) is 24.9 Å². The van der Waals surface area contributed by atoms with E-state index in [1.807, 2.05) is 0 Å². The fourth-order valence-corrected chi connectivity index (χ4v) is 6.73. The Morgan fingerprint density at radius 3 is 2.11 bits per heavy atom. The SMILES string of the molecule is C[C@@H]1O[C@@H](OC[C@H]2O[C@@H](OC3=C(c4ccc(O)c(O)c4)OC4=CC(O)=CC(O[C@@H]5C[C@H](CO)[C@H](O)[C@H](O)[C@H]5O)C4=C3)[C@H](O)[C@@H](O)[C@@H]2O)[C@H](O)[C@H](O)[C@H]1O. The third-order valence-electron chi connectivity index (χ3n) is 9.95. The Labute approximate surface area is 301 Å². The van der Waals surface area contributed by atoms with Crippen molar-refractivity contribution in [3.63, 3.8) is 0 Å². The first kappa shape index (κ1) is 39.3. The number of rotatable bonds is 9. The Hall–Kier alpha value is -3.38. The number of ether oxygens (including phenoxy) is 6. The van der Waals surface area contributed by atoms with Crippen molar-refractivity contribution in [3.05, 3.63) is 64.8 Å². The van der Waals surface area contributed by atoms with Gasteiger partial charge in [0.15, 0.2) is 29.3 Å². The maximum atomic E-state index is 11.0. The highest BCUT2D eigenvalue weighted by Crippen LogP contribution is 2.42. The maximum absolute atomic E-state index is 11.0. The number of hydrogen-bond donors (Lipinski definition) is 13. The molecule has 13 N–H and O–H groups in total. The highest BCUT2D eigenvalue weighted by molar-refractivity contribution is 5.71. The van der Waals surface area contributed by atoms with Gasteiger partial charge < -0.3 is 94.8 Å². The summed E-state index contributed by atoms with van der Waals surface area (Å²) in [6.07, 6.45) is -19.3. The van der Waals surface area contributed by atoms with Gasteiger partial charge in [-0.1, -0.05) is 0 Å². The highest BCUT2D eigenvalue weighted by atomic mass is 16.7. The lowest BCUT2D eigenvalue weighted by Gasteiger charge is -2.43. The second-order valence-corrected chi connectivity index (χ2v) is 13.6. The van der Waals surface area contributed by atoms with Gasteiger partial charge in [-0.25, -0.2) is 0 Å². The number of phenolic OH excluding ortho intramolecular Hbond substituents is 2. The lowest BCUT2D eigenvalue weighted by Crippen LogP contribution is -2.61. The summed E-state index contributed by atoms with van der Waals surface area (Å²) in [6, 6.07) is 3.61. The summed E-state index contributed by atoms with van der Waals surface area (Å²) < 4.78 is 35.0. The molecule has 2 aliphatic carbocycles. The van der Waals surface area contributed by atoms with Crippen LogP contribution in [-0.2, 0) is 28.4 Å². The van der Waals surface area contributed by atoms with Crippen molar-refractivity contribution in [2.24, 2.45) is 5.92 Å². The molecule has 294 valence electrons. The molecule has 1 saturated carbocycles. The fraction of sp³-hybridized carbons (Fsp3) is 0.588. The highest BCUT2D eigenvalue weighted by Gasteiger charge is 2.49. The summed E-state index contributed by atoms with van der Waals surface area (Å²) in [6.45, 7) is 0.331. The molecule has 1 aromatic rings. The molecule has 0 radical (unpaired) electrons. The lowest BCUT2D eigenvalue weighted by molar-refractivity contribution is -0.323. The third-order valence-corrected chi connectivity index (χ3v) is 9.95. The first-order valence-corrected chi connectivity index (χ1v) is 16.9. The quantitative estimate of drug-likeness (QED) is 0.109. The lowest BCUT2D eigenvalue weighted by atomic mass is 9.81. The van der Waals surface area contributed by atoms with Gasteiger partial charge >= 0.3 is 0 Å². The predicted molar refractivity (Wildman–Crippen MR) is 173 cm³/mol. The Balaban J connectivity index is 1.30.